The number of carbonyl (C=O) groups excluding carboxylic acids is 1. The number of anilines is 1. The summed E-state index contributed by atoms with van der Waals surface area (Å²) < 4.78 is 0. The maximum absolute atomic E-state index is 11.6. The lowest BCUT2D eigenvalue weighted by Crippen LogP contribution is -2.36. The number of aromatic nitrogens is 1. The molecule has 7 heteroatoms. The molecule has 110 valence electrons. The van der Waals surface area contributed by atoms with E-state index < -0.39 is 5.97 Å². The van der Waals surface area contributed by atoms with Gasteiger partial charge in [0.2, 0.25) is 0 Å². The van der Waals surface area contributed by atoms with E-state index in [1.807, 2.05) is 0 Å². The number of carboxylic acids is 1. The molecule has 0 aliphatic carbocycles. The fourth-order valence-corrected chi connectivity index (χ4v) is 1.67. The van der Waals surface area contributed by atoms with E-state index in [1.165, 1.54) is 18.5 Å². The second kappa shape index (κ2) is 8.11. The minimum Gasteiger partial charge on any atom is -0.478 e. The molecule has 0 fully saturated rings. The summed E-state index contributed by atoms with van der Waals surface area (Å²) in [6.07, 6.45) is 2.63. The Hall–Kier alpha value is -2.15. The fourth-order valence-electron chi connectivity index (χ4n) is 1.67. The van der Waals surface area contributed by atoms with Crippen LogP contribution >= 0.6 is 0 Å². The average Bonchev–Trinajstić information content (AvgIpc) is 2.44. The van der Waals surface area contributed by atoms with Gasteiger partial charge >= 0.3 is 12.0 Å². The minimum atomic E-state index is -1.08. The molecule has 0 bridgehead atoms. The van der Waals surface area contributed by atoms with Gasteiger partial charge in [-0.05, 0) is 19.2 Å². The molecule has 0 spiro atoms. The average molecular weight is 280 g/mol. The van der Waals surface area contributed by atoms with Gasteiger partial charge in [0.1, 0.15) is 0 Å². The summed E-state index contributed by atoms with van der Waals surface area (Å²) in [5.41, 5.74) is 0.385. The highest BCUT2D eigenvalue weighted by Crippen LogP contribution is 2.07. The third-order valence-corrected chi connectivity index (χ3v) is 2.85. The largest absolute Gasteiger partial charge is 0.478 e. The van der Waals surface area contributed by atoms with E-state index in [-0.39, 0.29) is 11.6 Å². The van der Waals surface area contributed by atoms with Crippen LogP contribution in [0.3, 0.4) is 0 Å². The second-order valence-corrected chi connectivity index (χ2v) is 4.18. The molecule has 1 heterocycles. The van der Waals surface area contributed by atoms with Crippen molar-refractivity contribution in [2.24, 2.45) is 0 Å². The van der Waals surface area contributed by atoms with Gasteiger partial charge in [0.15, 0.2) is 0 Å². The van der Waals surface area contributed by atoms with Gasteiger partial charge in [-0.25, -0.2) is 9.59 Å². The number of rotatable bonds is 7. The number of aromatic carboxylic acids is 1. The van der Waals surface area contributed by atoms with Crippen LogP contribution in [0.25, 0.3) is 0 Å². The van der Waals surface area contributed by atoms with Crippen molar-refractivity contribution in [2.75, 3.05) is 31.5 Å². The molecule has 1 aromatic heterocycles. The minimum absolute atomic E-state index is 0.0333. The summed E-state index contributed by atoms with van der Waals surface area (Å²) in [6, 6.07) is 0.987. The number of carboxylic acid groups (broad SMARTS) is 1. The molecule has 1 aromatic rings. The molecule has 0 unspecified atom stereocenters. The smallest absolute Gasteiger partial charge is 0.337 e. The van der Waals surface area contributed by atoms with E-state index in [0.29, 0.717) is 12.2 Å². The van der Waals surface area contributed by atoms with E-state index in [0.717, 1.165) is 19.6 Å². The van der Waals surface area contributed by atoms with Gasteiger partial charge in [-0.3, -0.25) is 4.98 Å². The van der Waals surface area contributed by atoms with Crippen LogP contribution in [0.5, 0.6) is 0 Å². The highest BCUT2D eigenvalue weighted by atomic mass is 16.4. The maximum atomic E-state index is 11.6. The summed E-state index contributed by atoms with van der Waals surface area (Å²) in [7, 11) is 0. The fraction of sp³-hybridized carbons (Fsp3) is 0.462. The molecule has 3 N–H and O–H groups in total. The summed E-state index contributed by atoms with van der Waals surface area (Å²) in [5.74, 6) is -1.08. The monoisotopic (exact) mass is 280 g/mol. The van der Waals surface area contributed by atoms with Crippen LogP contribution in [0.15, 0.2) is 18.5 Å². The number of urea groups is 1. The number of likely N-dealkylation sites (N-methyl/N-ethyl adjacent to an activating group) is 1. The van der Waals surface area contributed by atoms with Crippen molar-refractivity contribution in [1.82, 2.24) is 15.2 Å². The van der Waals surface area contributed by atoms with Gasteiger partial charge in [0, 0.05) is 19.3 Å². The van der Waals surface area contributed by atoms with Gasteiger partial charge in [-0.2, -0.15) is 0 Å². The third kappa shape index (κ3) is 5.23. The Bertz CT molecular complexity index is 461. The molecular weight excluding hydrogens is 260 g/mol. The molecule has 7 nitrogen and oxygen atoms in total. The zero-order valence-corrected chi connectivity index (χ0v) is 11.7. The molecule has 0 atom stereocenters. The quantitative estimate of drug-likeness (QED) is 0.698. The van der Waals surface area contributed by atoms with Gasteiger partial charge in [-0.1, -0.05) is 13.8 Å². The summed E-state index contributed by atoms with van der Waals surface area (Å²) >= 11 is 0. The standard InChI is InChI=1S/C13H20N4O3/c1-3-17(4-2)6-5-15-13(20)16-11-7-10(12(18)19)8-14-9-11/h7-9H,3-6H2,1-2H3,(H,18,19)(H2,15,16,20). The van der Waals surface area contributed by atoms with Crippen LogP contribution < -0.4 is 10.6 Å². The molecule has 1 rings (SSSR count). The Labute approximate surface area is 118 Å². The zero-order chi connectivity index (χ0) is 15.0. The van der Waals surface area contributed by atoms with Gasteiger partial charge in [-0.15, -0.1) is 0 Å². The van der Waals surface area contributed by atoms with Crippen LogP contribution in [-0.2, 0) is 0 Å². The topological polar surface area (TPSA) is 94.6 Å². The number of carbonyl (C=O) groups is 2. The van der Waals surface area contributed by atoms with Gasteiger partial charge in [0.25, 0.3) is 0 Å². The molecule has 0 aliphatic rings. The van der Waals surface area contributed by atoms with Crippen LogP contribution in [0, 0.1) is 0 Å². The molecule has 0 aliphatic heterocycles. The Kier molecular flexibility index (Phi) is 6.45. The Morgan fingerprint density at radius 3 is 2.60 bits per heavy atom. The lowest BCUT2D eigenvalue weighted by Gasteiger charge is -2.18. The maximum Gasteiger partial charge on any atom is 0.337 e. The number of amides is 2. The number of hydrogen-bond donors (Lipinski definition) is 3. The second-order valence-electron chi connectivity index (χ2n) is 4.18. The van der Waals surface area contributed by atoms with Crippen molar-refractivity contribution < 1.29 is 14.7 Å². The highest BCUT2D eigenvalue weighted by Gasteiger charge is 2.07. The van der Waals surface area contributed by atoms with Crippen LogP contribution in [0.1, 0.15) is 24.2 Å². The SMILES string of the molecule is CCN(CC)CCNC(=O)Nc1cncc(C(=O)O)c1. The zero-order valence-electron chi connectivity index (χ0n) is 11.7. The summed E-state index contributed by atoms with van der Waals surface area (Å²) in [6.45, 7) is 7.29. The normalized spacial score (nSPS) is 10.3. The Morgan fingerprint density at radius 1 is 1.30 bits per heavy atom. The number of hydrogen-bond acceptors (Lipinski definition) is 4. The first kappa shape index (κ1) is 15.9. The molecule has 20 heavy (non-hydrogen) atoms. The molecule has 0 saturated carbocycles. The lowest BCUT2D eigenvalue weighted by atomic mass is 10.3. The van der Waals surface area contributed by atoms with E-state index >= 15 is 0 Å². The van der Waals surface area contributed by atoms with Gasteiger partial charge in [0.05, 0.1) is 17.4 Å². The first-order valence-electron chi connectivity index (χ1n) is 6.52. The molecule has 2 amide bonds. The number of nitrogens with one attached hydrogen (secondary N) is 2. The molecule has 0 saturated heterocycles. The van der Waals surface area contributed by atoms with E-state index in [9.17, 15) is 9.59 Å². The molecule has 0 radical (unpaired) electrons. The first-order chi connectivity index (χ1) is 9.56. The number of pyridine rings is 1. The molecule has 0 aromatic carbocycles. The van der Waals surface area contributed by atoms with Crippen molar-refractivity contribution in [1.29, 1.82) is 0 Å². The predicted molar refractivity (Wildman–Crippen MR) is 76.0 cm³/mol. The van der Waals surface area contributed by atoms with Crippen molar-refractivity contribution in [3.05, 3.63) is 24.0 Å². The molecular formula is C13H20N4O3. The van der Waals surface area contributed by atoms with Crippen LogP contribution in [-0.4, -0.2) is 53.2 Å². The van der Waals surface area contributed by atoms with Crippen molar-refractivity contribution >= 4 is 17.7 Å². The van der Waals surface area contributed by atoms with E-state index in [1.54, 1.807) is 0 Å². The van der Waals surface area contributed by atoms with Crippen molar-refractivity contribution in [3.8, 4) is 0 Å². The Balaban J connectivity index is 2.42. The summed E-state index contributed by atoms with van der Waals surface area (Å²) in [4.78, 5) is 28.4. The lowest BCUT2D eigenvalue weighted by molar-refractivity contribution is 0.0696. The van der Waals surface area contributed by atoms with E-state index in [2.05, 4.69) is 34.4 Å². The highest BCUT2D eigenvalue weighted by molar-refractivity contribution is 5.92. The Morgan fingerprint density at radius 2 is 2.00 bits per heavy atom. The van der Waals surface area contributed by atoms with Crippen molar-refractivity contribution in [3.63, 3.8) is 0 Å². The van der Waals surface area contributed by atoms with E-state index in [4.69, 9.17) is 5.11 Å². The number of nitrogens with zero attached hydrogens (tertiary/aromatic N) is 2. The van der Waals surface area contributed by atoms with Gasteiger partial charge < -0.3 is 20.6 Å². The third-order valence-electron chi connectivity index (χ3n) is 2.85. The van der Waals surface area contributed by atoms with Crippen LogP contribution in [0.2, 0.25) is 0 Å². The van der Waals surface area contributed by atoms with Crippen LogP contribution in [0.4, 0.5) is 10.5 Å². The summed E-state index contributed by atoms with van der Waals surface area (Å²) in [5, 5.41) is 14.1. The predicted octanol–water partition coefficient (Wildman–Crippen LogP) is 1.24. The first-order valence-corrected chi connectivity index (χ1v) is 6.52. The van der Waals surface area contributed by atoms with Crippen molar-refractivity contribution in [2.45, 2.75) is 13.8 Å².